The monoisotopic (exact) mass is 274 g/mol. The minimum absolute atomic E-state index is 0.0939. The molecule has 0 saturated carbocycles. The topological polar surface area (TPSA) is 83.8 Å². The van der Waals surface area contributed by atoms with Crippen molar-refractivity contribution in [3.8, 4) is 11.8 Å². The van der Waals surface area contributed by atoms with E-state index in [4.69, 9.17) is 5.73 Å². The van der Waals surface area contributed by atoms with E-state index in [9.17, 15) is 4.79 Å². The zero-order valence-corrected chi connectivity index (χ0v) is 11.1. The third kappa shape index (κ3) is 3.95. The Balaban J connectivity index is 1.84. The van der Waals surface area contributed by atoms with Crippen molar-refractivity contribution in [2.75, 3.05) is 13.1 Å². The van der Waals surface area contributed by atoms with Gasteiger partial charge in [0, 0.05) is 30.7 Å². The number of amides is 1. The van der Waals surface area contributed by atoms with Crippen molar-refractivity contribution in [3.05, 3.63) is 40.1 Å². The molecule has 5 nitrogen and oxygen atoms in total. The first-order chi connectivity index (χ1) is 9.29. The SMILES string of the molecule is NCC#Cc1cc(C(=O)NCCc2ncc[nH]2)cs1. The van der Waals surface area contributed by atoms with E-state index < -0.39 is 0 Å². The van der Waals surface area contributed by atoms with Crippen LogP contribution < -0.4 is 11.1 Å². The number of hydrogen-bond donors (Lipinski definition) is 3. The van der Waals surface area contributed by atoms with E-state index >= 15 is 0 Å². The van der Waals surface area contributed by atoms with Crippen LogP contribution in [0.2, 0.25) is 0 Å². The Hall–Kier alpha value is -2.10. The summed E-state index contributed by atoms with van der Waals surface area (Å²) in [5.41, 5.74) is 5.93. The summed E-state index contributed by atoms with van der Waals surface area (Å²) in [7, 11) is 0. The number of carbonyl (C=O) groups excluding carboxylic acids is 1. The highest BCUT2D eigenvalue weighted by atomic mass is 32.1. The average molecular weight is 274 g/mol. The number of aromatic amines is 1. The number of hydrogen-bond acceptors (Lipinski definition) is 4. The Kier molecular flexibility index (Phi) is 4.72. The van der Waals surface area contributed by atoms with Crippen LogP contribution in [-0.4, -0.2) is 29.0 Å². The number of imidazole rings is 1. The predicted molar refractivity (Wildman–Crippen MR) is 74.9 cm³/mol. The number of nitrogens with one attached hydrogen (secondary N) is 2. The minimum atomic E-state index is -0.0939. The first-order valence-corrected chi connectivity index (χ1v) is 6.71. The lowest BCUT2D eigenvalue weighted by Crippen LogP contribution is -2.25. The van der Waals surface area contributed by atoms with Gasteiger partial charge in [0.2, 0.25) is 0 Å². The van der Waals surface area contributed by atoms with Gasteiger partial charge < -0.3 is 16.0 Å². The first-order valence-electron chi connectivity index (χ1n) is 5.83. The normalized spacial score (nSPS) is 9.74. The van der Waals surface area contributed by atoms with Crippen molar-refractivity contribution >= 4 is 17.2 Å². The fourth-order valence-corrected chi connectivity index (χ4v) is 2.25. The second-order valence-electron chi connectivity index (χ2n) is 3.75. The van der Waals surface area contributed by atoms with Crippen molar-refractivity contribution in [1.82, 2.24) is 15.3 Å². The smallest absolute Gasteiger partial charge is 0.252 e. The zero-order valence-electron chi connectivity index (χ0n) is 10.3. The van der Waals surface area contributed by atoms with Crippen molar-refractivity contribution in [2.45, 2.75) is 6.42 Å². The Morgan fingerprint density at radius 1 is 1.58 bits per heavy atom. The molecule has 0 saturated heterocycles. The van der Waals surface area contributed by atoms with Crippen molar-refractivity contribution in [3.63, 3.8) is 0 Å². The molecular formula is C13H14N4OS. The van der Waals surface area contributed by atoms with Crippen LogP contribution in [0.15, 0.2) is 23.8 Å². The standard InChI is InChI=1S/C13H14N4OS/c14-4-1-2-11-8-10(9-19-11)13(18)17-5-3-12-15-6-7-16-12/h6-9H,3-5,14H2,(H,15,16)(H,17,18). The van der Waals surface area contributed by atoms with E-state index in [0.29, 0.717) is 25.1 Å². The molecule has 1 amide bonds. The van der Waals surface area contributed by atoms with Gasteiger partial charge in [-0.2, -0.15) is 0 Å². The molecule has 19 heavy (non-hydrogen) atoms. The number of carbonyl (C=O) groups is 1. The van der Waals surface area contributed by atoms with Crippen LogP contribution in [0.25, 0.3) is 0 Å². The molecule has 2 aromatic rings. The summed E-state index contributed by atoms with van der Waals surface area (Å²) in [5, 5.41) is 4.64. The maximum atomic E-state index is 11.9. The van der Waals surface area contributed by atoms with Crippen LogP contribution in [-0.2, 0) is 6.42 Å². The molecule has 0 fully saturated rings. The molecule has 0 aliphatic rings. The minimum Gasteiger partial charge on any atom is -0.352 e. The number of nitrogens with two attached hydrogens (primary N) is 1. The van der Waals surface area contributed by atoms with E-state index in [1.165, 1.54) is 11.3 Å². The summed E-state index contributed by atoms with van der Waals surface area (Å²) in [4.78, 5) is 19.8. The fourth-order valence-electron chi connectivity index (χ4n) is 1.49. The highest BCUT2D eigenvalue weighted by Gasteiger charge is 2.07. The molecule has 0 aliphatic heterocycles. The third-order valence-corrected chi connectivity index (χ3v) is 3.22. The van der Waals surface area contributed by atoms with Crippen molar-refractivity contribution in [1.29, 1.82) is 0 Å². The molecule has 0 unspecified atom stereocenters. The predicted octanol–water partition coefficient (Wildman–Crippen LogP) is 0.754. The lowest BCUT2D eigenvalue weighted by Gasteiger charge is -2.01. The van der Waals surface area contributed by atoms with Crippen molar-refractivity contribution in [2.24, 2.45) is 5.73 Å². The third-order valence-electron chi connectivity index (χ3n) is 2.38. The van der Waals surface area contributed by atoms with Crippen LogP contribution in [0.4, 0.5) is 0 Å². The maximum absolute atomic E-state index is 11.9. The molecule has 0 radical (unpaired) electrons. The lowest BCUT2D eigenvalue weighted by atomic mass is 10.3. The van der Waals surface area contributed by atoms with E-state index in [1.807, 2.05) is 0 Å². The highest BCUT2D eigenvalue weighted by Crippen LogP contribution is 2.13. The van der Waals surface area contributed by atoms with Crippen LogP contribution in [0.5, 0.6) is 0 Å². The van der Waals surface area contributed by atoms with Crippen molar-refractivity contribution < 1.29 is 4.79 Å². The molecule has 0 spiro atoms. The summed E-state index contributed by atoms with van der Waals surface area (Å²) in [6.45, 7) is 0.870. The molecular weight excluding hydrogens is 260 g/mol. The molecule has 4 N–H and O–H groups in total. The summed E-state index contributed by atoms with van der Waals surface area (Å²) >= 11 is 1.44. The number of H-pyrrole nitrogens is 1. The number of rotatable bonds is 4. The molecule has 0 bridgehead atoms. The average Bonchev–Trinajstić information content (AvgIpc) is 3.07. The summed E-state index contributed by atoms with van der Waals surface area (Å²) in [6.07, 6.45) is 4.14. The van der Waals surface area contributed by atoms with E-state index in [2.05, 4.69) is 27.1 Å². The van der Waals surface area contributed by atoms with Gasteiger partial charge in [-0.3, -0.25) is 4.79 Å². The van der Waals surface area contributed by atoms with Gasteiger partial charge in [0.05, 0.1) is 17.0 Å². The Morgan fingerprint density at radius 3 is 3.21 bits per heavy atom. The zero-order chi connectivity index (χ0) is 13.5. The second kappa shape index (κ2) is 6.73. The molecule has 98 valence electrons. The van der Waals surface area contributed by atoms with Gasteiger partial charge in [0.1, 0.15) is 5.82 Å². The second-order valence-corrected chi connectivity index (χ2v) is 4.66. The molecule has 0 aromatic carbocycles. The van der Waals surface area contributed by atoms with E-state index in [0.717, 1.165) is 10.7 Å². The molecule has 0 atom stereocenters. The first kappa shape index (κ1) is 13.3. The van der Waals surface area contributed by atoms with Gasteiger partial charge in [0.25, 0.3) is 5.91 Å². The Bertz CT molecular complexity index is 592. The van der Waals surface area contributed by atoms with Gasteiger partial charge in [-0.1, -0.05) is 11.8 Å². The Morgan fingerprint density at radius 2 is 2.47 bits per heavy atom. The summed E-state index contributed by atoms with van der Waals surface area (Å²) < 4.78 is 0. The van der Waals surface area contributed by atoms with Crippen LogP contribution >= 0.6 is 11.3 Å². The van der Waals surface area contributed by atoms with Crippen LogP contribution in [0.1, 0.15) is 21.1 Å². The molecule has 2 rings (SSSR count). The molecule has 6 heteroatoms. The Labute approximate surface area is 115 Å². The quantitative estimate of drug-likeness (QED) is 0.719. The van der Waals surface area contributed by atoms with Crippen LogP contribution in [0, 0.1) is 11.8 Å². The maximum Gasteiger partial charge on any atom is 0.252 e. The number of thiophene rings is 1. The summed E-state index contributed by atoms with van der Waals surface area (Å²) in [5.74, 6) is 6.44. The molecule has 0 aliphatic carbocycles. The van der Waals surface area contributed by atoms with Crippen LogP contribution in [0.3, 0.4) is 0 Å². The number of aromatic nitrogens is 2. The highest BCUT2D eigenvalue weighted by molar-refractivity contribution is 7.10. The van der Waals surface area contributed by atoms with Gasteiger partial charge in [0.15, 0.2) is 0 Å². The van der Waals surface area contributed by atoms with Gasteiger partial charge in [-0.25, -0.2) is 4.98 Å². The lowest BCUT2D eigenvalue weighted by molar-refractivity contribution is 0.0954. The largest absolute Gasteiger partial charge is 0.352 e. The van der Waals surface area contributed by atoms with E-state index in [1.54, 1.807) is 23.8 Å². The number of nitrogens with zero attached hydrogens (tertiary/aromatic N) is 1. The molecule has 2 heterocycles. The summed E-state index contributed by atoms with van der Waals surface area (Å²) in [6, 6.07) is 1.77. The van der Waals surface area contributed by atoms with Gasteiger partial charge >= 0.3 is 0 Å². The molecule has 2 aromatic heterocycles. The van der Waals surface area contributed by atoms with Gasteiger partial charge in [-0.05, 0) is 6.07 Å². The fraction of sp³-hybridized carbons (Fsp3) is 0.231. The van der Waals surface area contributed by atoms with Gasteiger partial charge in [-0.15, -0.1) is 11.3 Å². The van der Waals surface area contributed by atoms with E-state index in [-0.39, 0.29) is 5.91 Å².